The van der Waals surface area contributed by atoms with E-state index in [0.29, 0.717) is 0 Å². The van der Waals surface area contributed by atoms with Gasteiger partial charge in [-0.2, -0.15) is 0 Å². The Labute approximate surface area is 298 Å². The molecular formula is C47H31N3O2. The summed E-state index contributed by atoms with van der Waals surface area (Å²) < 4.78 is 13.2. The predicted octanol–water partition coefficient (Wildman–Crippen LogP) is 11.8. The van der Waals surface area contributed by atoms with Crippen LogP contribution in [0, 0.1) is 0 Å². The van der Waals surface area contributed by atoms with E-state index in [1.54, 1.807) is 0 Å². The molecule has 10 aromatic rings. The second kappa shape index (κ2) is 11.4. The number of para-hydroxylation sites is 2. The normalized spacial score (nSPS) is 16.3. The highest BCUT2D eigenvalue weighted by atomic mass is 16.3. The molecule has 1 aliphatic rings. The number of rotatable bonds is 4. The third-order valence-electron chi connectivity index (χ3n) is 10.6. The maximum absolute atomic E-state index is 6.65. The van der Waals surface area contributed by atoms with Crippen LogP contribution in [0.25, 0.3) is 76.5 Å². The summed E-state index contributed by atoms with van der Waals surface area (Å²) in [5.74, 6) is 0.817. The molecule has 0 radical (unpaired) electrons. The molecule has 0 aliphatic carbocycles. The van der Waals surface area contributed by atoms with Crippen LogP contribution in [0.15, 0.2) is 178 Å². The molecule has 8 aromatic carbocycles. The van der Waals surface area contributed by atoms with E-state index in [-0.39, 0.29) is 12.3 Å². The monoisotopic (exact) mass is 669 g/mol. The van der Waals surface area contributed by atoms with Gasteiger partial charge in [-0.25, -0.2) is 4.99 Å². The van der Waals surface area contributed by atoms with Gasteiger partial charge in [0, 0.05) is 38.2 Å². The van der Waals surface area contributed by atoms with Crippen molar-refractivity contribution in [3.05, 3.63) is 180 Å². The van der Waals surface area contributed by atoms with Crippen molar-refractivity contribution in [2.45, 2.75) is 12.3 Å². The lowest BCUT2D eigenvalue weighted by molar-refractivity contribution is 0.409. The van der Waals surface area contributed by atoms with E-state index in [4.69, 9.17) is 13.8 Å². The lowest BCUT2D eigenvalue weighted by Gasteiger charge is -2.32. The molecular weight excluding hydrogens is 639 g/mol. The zero-order valence-electron chi connectivity index (χ0n) is 28.0. The number of amidine groups is 1. The third kappa shape index (κ3) is 4.50. The Morgan fingerprint density at radius 1 is 0.462 bits per heavy atom. The first-order chi connectivity index (χ1) is 25.8. The van der Waals surface area contributed by atoms with Gasteiger partial charge in [-0.3, -0.25) is 5.32 Å². The molecule has 5 heteroatoms. The Hall–Kier alpha value is -6.69. The second-order valence-electron chi connectivity index (χ2n) is 13.5. The molecule has 1 aliphatic heterocycles. The minimum Gasteiger partial charge on any atom is -0.456 e. The standard InChI is InChI=1S/C47H31N3O2/c1-2-12-28(13-3-1)45-48-46(50-47(49-45)38-21-10-19-35-34-18-8-9-22-40(34)52-44(35)38)37-20-11-23-41-43(37)36-25-24-30(27-42(36)51-41)39-26-29-14-4-5-15-31(29)32-16-6-7-17-33(32)39/h1-27,46-47,50H,(H,48,49). The van der Waals surface area contributed by atoms with Crippen LogP contribution < -0.4 is 10.6 Å². The number of nitrogens with zero attached hydrogens (tertiary/aromatic N) is 1. The van der Waals surface area contributed by atoms with E-state index < -0.39 is 0 Å². The van der Waals surface area contributed by atoms with E-state index in [0.717, 1.165) is 72.0 Å². The number of aliphatic imine (C=N–C) groups is 1. The smallest absolute Gasteiger partial charge is 0.142 e. The van der Waals surface area contributed by atoms with Crippen LogP contribution in [0.1, 0.15) is 29.0 Å². The van der Waals surface area contributed by atoms with Gasteiger partial charge < -0.3 is 14.2 Å². The van der Waals surface area contributed by atoms with Crippen LogP contribution in [0.4, 0.5) is 0 Å². The molecule has 2 atom stereocenters. The van der Waals surface area contributed by atoms with Crippen molar-refractivity contribution < 1.29 is 8.83 Å². The van der Waals surface area contributed by atoms with Gasteiger partial charge in [-0.15, -0.1) is 0 Å². The highest BCUT2D eigenvalue weighted by Crippen LogP contribution is 2.41. The third-order valence-corrected chi connectivity index (χ3v) is 10.6. The van der Waals surface area contributed by atoms with Crippen molar-refractivity contribution in [2.75, 3.05) is 0 Å². The first-order valence-electron chi connectivity index (χ1n) is 17.7. The van der Waals surface area contributed by atoms with Crippen molar-refractivity contribution in [1.29, 1.82) is 0 Å². The van der Waals surface area contributed by atoms with Crippen molar-refractivity contribution in [1.82, 2.24) is 10.6 Å². The fraction of sp³-hybridized carbons (Fsp3) is 0.0426. The van der Waals surface area contributed by atoms with Gasteiger partial charge in [0.2, 0.25) is 0 Å². The Kier molecular flexibility index (Phi) is 6.39. The Morgan fingerprint density at radius 3 is 2.08 bits per heavy atom. The quantitative estimate of drug-likeness (QED) is 0.183. The SMILES string of the molecule is c1ccc(C2=NC(c3cccc4oc5cc(-c6cc7ccccc7c7ccccc67)ccc5c34)NC(c3cccc4c3oc3ccccc34)N2)cc1. The van der Waals surface area contributed by atoms with Gasteiger partial charge >= 0.3 is 0 Å². The molecule has 52 heavy (non-hydrogen) atoms. The zero-order chi connectivity index (χ0) is 34.2. The molecule has 0 spiro atoms. The van der Waals surface area contributed by atoms with Crippen molar-refractivity contribution in [3.8, 4) is 11.1 Å². The van der Waals surface area contributed by atoms with E-state index in [1.165, 1.54) is 27.1 Å². The summed E-state index contributed by atoms with van der Waals surface area (Å²) in [7, 11) is 0. The summed E-state index contributed by atoms with van der Waals surface area (Å²) in [5, 5.41) is 16.8. The lowest BCUT2D eigenvalue weighted by Crippen LogP contribution is -2.45. The minimum absolute atomic E-state index is 0.275. The summed E-state index contributed by atoms with van der Waals surface area (Å²) >= 11 is 0. The van der Waals surface area contributed by atoms with Crippen LogP contribution >= 0.6 is 0 Å². The topological polar surface area (TPSA) is 62.7 Å². The highest BCUT2D eigenvalue weighted by Gasteiger charge is 2.29. The molecule has 3 heterocycles. The molecule has 246 valence electrons. The van der Waals surface area contributed by atoms with Crippen molar-refractivity contribution in [3.63, 3.8) is 0 Å². The van der Waals surface area contributed by atoms with Gasteiger partial charge in [0.25, 0.3) is 0 Å². The molecule has 0 saturated heterocycles. The van der Waals surface area contributed by atoms with Gasteiger partial charge in [0.1, 0.15) is 40.5 Å². The van der Waals surface area contributed by atoms with E-state index >= 15 is 0 Å². The number of benzene rings is 8. The van der Waals surface area contributed by atoms with Gasteiger partial charge in [-0.1, -0.05) is 133 Å². The summed E-state index contributed by atoms with van der Waals surface area (Å²) in [6, 6.07) is 57.4. The van der Waals surface area contributed by atoms with E-state index in [9.17, 15) is 0 Å². The summed E-state index contributed by atoms with van der Waals surface area (Å²) in [6.07, 6.45) is -0.641. The van der Waals surface area contributed by atoms with Crippen LogP contribution in [-0.4, -0.2) is 5.84 Å². The average molecular weight is 670 g/mol. The number of hydrogen-bond acceptors (Lipinski definition) is 5. The molecule has 0 fully saturated rings. The van der Waals surface area contributed by atoms with E-state index in [1.807, 2.05) is 30.3 Å². The first kappa shape index (κ1) is 29.1. The van der Waals surface area contributed by atoms with Crippen LogP contribution in [0.2, 0.25) is 0 Å². The fourth-order valence-electron chi connectivity index (χ4n) is 8.16. The predicted molar refractivity (Wildman–Crippen MR) is 213 cm³/mol. The number of hydrogen-bond donors (Lipinski definition) is 2. The maximum Gasteiger partial charge on any atom is 0.142 e. The second-order valence-corrected chi connectivity index (χ2v) is 13.5. The van der Waals surface area contributed by atoms with Gasteiger partial charge in [-0.05, 0) is 63.0 Å². The molecule has 2 aromatic heterocycles. The van der Waals surface area contributed by atoms with Crippen LogP contribution in [0.5, 0.6) is 0 Å². The van der Waals surface area contributed by atoms with Gasteiger partial charge in [0.15, 0.2) is 0 Å². The lowest BCUT2D eigenvalue weighted by atomic mass is 9.93. The summed E-state index contributed by atoms with van der Waals surface area (Å²) in [5.41, 5.74) is 8.84. The maximum atomic E-state index is 6.65. The molecule has 0 saturated carbocycles. The molecule has 2 unspecified atom stereocenters. The molecule has 5 nitrogen and oxygen atoms in total. The molecule has 0 amide bonds. The Bertz CT molecular complexity index is 3050. The van der Waals surface area contributed by atoms with Crippen LogP contribution in [-0.2, 0) is 0 Å². The largest absolute Gasteiger partial charge is 0.456 e. The van der Waals surface area contributed by atoms with Gasteiger partial charge in [0.05, 0.1) is 0 Å². The summed E-state index contributed by atoms with van der Waals surface area (Å²) in [4.78, 5) is 5.31. The highest BCUT2D eigenvalue weighted by molar-refractivity contribution is 6.15. The minimum atomic E-state index is -0.366. The average Bonchev–Trinajstić information content (AvgIpc) is 3.79. The zero-order valence-corrected chi connectivity index (χ0v) is 28.0. The van der Waals surface area contributed by atoms with Crippen LogP contribution in [0.3, 0.4) is 0 Å². The summed E-state index contributed by atoms with van der Waals surface area (Å²) in [6.45, 7) is 0. The first-order valence-corrected chi connectivity index (χ1v) is 17.7. The van der Waals surface area contributed by atoms with Crippen molar-refractivity contribution >= 4 is 71.3 Å². The fourth-order valence-corrected chi connectivity index (χ4v) is 8.16. The number of nitrogens with one attached hydrogen (secondary N) is 2. The molecule has 11 rings (SSSR count). The Morgan fingerprint density at radius 2 is 1.17 bits per heavy atom. The Balaban J connectivity index is 1.07. The van der Waals surface area contributed by atoms with Crippen molar-refractivity contribution in [2.24, 2.45) is 4.99 Å². The molecule has 0 bridgehead atoms. The number of furan rings is 2. The molecule has 2 N–H and O–H groups in total. The van der Waals surface area contributed by atoms with E-state index in [2.05, 4.69) is 144 Å². The number of fused-ring (bicyclic) bond motifs is 9.